The molecule has 0 aromatic rings. The second kappa shape index (κ2) is 10.8. The SMILES string of the molecule is CO[C@H]1O[C@H](CO)[C@@H](O[C@@H]2O[C@H](CO)[C@H](O)[C@@H](NS(C)(=O)=O)[C@H]2O)[C@H](O)[C@@H]1NC(C)=O. The van der Waals surface area contributed by atoms with Gasteiger partial charge < -0.3 is 49.8 Å². The van der Waals surface area contributed by atoms with Gasteiger partial charge in [-0.1, -0.05) is 0 Å². The van der Waals surface area contributed by atoms with Crippen LogP contribution in [-0.4, -0.2) is 128 Å². The summed E-state index contributed by atoms with van der Waals surface area (Å²) in [5, 5.41) is 53.2. The summed E-state index contributed by atoms with van der Waals surface area (Å²) >= 11 is 0. The van der Waals surface area contributed by atoms with Crippen LogP contribution < -0.4 is 10.0 Å². The zero-order chi connectivity index (χ0) is 23.5. The third-order valence-corrected chi connectivity index (χ3v) is 5.68. The topological polar surface area (TPSA) is 213 Å². The molecule has 0 aliphatic carbocycles. The lowest BCUT2D eigenvalue weighted by Gasteiger charge is -2.47. The molecule has 2 fully saturated rings. The predicted octanol–water partition coefficient (Wildman–Crippen LogP) is -5.04. The summed E-state index contributed by atoms with van der Waals surface area (Å²) in [6.45, 7) is -0.173. The van der Waals surface area contributed by atoms with E-state index in [9.17, 15) is 38.7 Å². The highest BCUT2D eigenvalue weighted by atomic mass is 32.2. The zero-order valence-corrected chi connectivity index (χ0v) is 18.0. The summed E-state index contributed by atoms with van der Waals surface area (Å²) < 4.78 is 46.9. The van der Waals surface area contributed by atoms with Crippen LogP contribution in [-0.2, 0) is 33.8 Å². The summed E-state index contributed by atoms with van der Waals surface area (Å²) in [6, 6.07) is -2.61. The second-order valence-corrected chi connectivity index (χ2v) is 9.18. The van der Waals surface area contributed by atoms with Crippen LogP contribution in [0.2, 0.25) is 0 Å². The van der Waals surface area contributed by atoms with Crippen LogP contribution in [0.15, 0.2) is 0 Å². The summed E-state index contributed by atoms with van der Waals surface area (Å²) in [4.78, 5) is 11.5. The maximum absolute atomic E-state index is 11.6. The van der Waals surface area contributed by atoms with E-state index < -0.39 is 90.4 Å². The van der Waals surface area contributed by atoms with Crippen LogP contribution in [0.5, 0.6) is 0 Å². The first kappa shape index (κ1) is 26.3. The Morgan fingerprint density at radius 1 is 0.968 bits per heavy atom. The number of hydrogen-bond donors (Lipinski definition) is 7. The first-order chi connectivity index (χ1) is 14.4. The Kier molecular flexibility index (Phi) is 9.12. The Morgan fingerprint density at radius 2 is 1.55 bits per heavy atom. The van der Waals surface area contributed by atoms with Crippen molar-refractivity contribution in [2.75, 3.05) is 26.6 Å². The molecule has 2 aliphatic heterocycles. The molecule has 0 bridgehead atoms. The molecule has 2 aliphatic rings. The lowest BCUT2D eigenvalue weighted by molar-refractivity contribution is -0.336. The molecule has 0 radical (unpaired) electrons. The number of hydrogen-bond acceptors (Lipinski definition) is 12. The predicted molar refractivity (Wildman–Crippen MR) is 101 cm³/mol. The van der Waals surface area contributed by atoms with Gasteiger partial charge in [0.2, 0.25) is 15.9 Å². The number of nitrogens with one attached hydrogen (secondary N) is 2. The van der Waals surface area contributed by atoms with E-state index in [1.807, 2.05) is 0 Å². The van der Waals surface area contributed by atoms with Crippen molar-refractivity contribution in [3.05, 3.63) is 0 Å². The Hall–Kier alpha value is -0.980. The Balaban J connectivity index is 2.28. The number of amides is 1. The summed E-state index contributed by atoms with van der Waals surface area (Å²) in [6.07, 6.45) is -10.7. The van der Waals surface area contributed by atoms with Crippen molar-refractivity contribution >= 4 is 15.9 Å². The van der Waals surface area contributed by atoms with E-state index in [-0.39, 0.29) is 0 Å². The van der Waals surface area contributed by atoms with Crippen molar-refractivity contribution in [1.82, 2.24) is 10.0 Å². The van der Waals surface area contributed by atoms with E-state index in [4.69, 9.17) is 18.9 Å². The summed E-state index contributed by atoms with van der Waals surface area (Å²) in [5.41, 5.74) is 0. The number of aliphatic hydroxyl groups excluding tert-OH is 5. The standard InChI is InChI=1S/C16H30N2O12S/c1-6(21)17-10-12(23)14(8(5-20)29-15(10)27-2)30-16-13(24)9(18-31(3,25)26)11(22)7(4-19)28-16/h7-16,18-20,22-24H,4-5H2,1-3H3,(H,17,21)/t7-,8-,9-,10+,11+,12-,13-,14-,15+,16+/m1/s1. The average Bonchev–Trinajstić information content (AvgIpc) is 2.69. The van der Waals surface area contributed by atoms with Gasteiger partial charge in [0.1, 0.15) is 42.7 Å². The van der Waals surface area contributed by atoms with Crippen LogP contribution >= 0.6 is 0 Å². The smallest absolute Gasteiger partial charge is 0.217 e. The minimum Gasteiger partial charge on any atom is -0.394 e. The van der Waals surface area contributed by atoms with Crippen LogP contribution in [0.1, 0.15) is 6.92 Å². The van der Waals surface area contributed by atoms with Crippen LogP contribution in [0.25, 0.3) is 0 Å². The lowest BCUT2D eigenvalue weighted by Crippen LogP contribution is -2.69. The molecule has 0 saturated carbocycles. The van der Waals surface area contributed by atoms with E-state index in [0.717, 1.165) is 6.26 Å². The minimum atomic E-state index is -3.88. The van der Waals surface area contributed by atoms with Gasteiger partial charge >= 0.3 is 0 Å². The summed E-state index contributed by atoms with van der Waals surface area (Å²) in [5.74, 6) is -0.509. The van der Waals surface area contributed by atoms with Gasteiger partial charge in [0.05, 0.1) is 25.5 Å². The zero-order valence-electron chi connectivity index (χ0n) is 17.2. The van der Waals surface area contributed by atoms with E-state index >= 15 is 0 Å². The third-order valence-electron chi connectivity index (χ3n) is 4.98. The van der Waals surface area contributed by atoms with Crippen molar-refractivity contribution in [3.63, 3.8) is 0 Å². The highest BCUT2D eigenvalue weighted by Crippen LogP contribution is 2.29. The molecule has 15 heteroatoms. The highest BCUT2D eigenvalue weighted by molar-refractivity contribution is 7.88. The van der Waals surface area contributed by atoms with Gasteiger partial charge in [-0.25, -0.2) is 13.1 Å². The number of ether oxygens (including phenoxy) is 4. The molecule has 0 aromatic heterocycles. The Morgan fingerprint density at radius 3 is 2.03 bits per heavy atom. The maximum atomic E-state index is 11.6. The Labute approximate surface area is 179 Å². The van der Waals surface area contributed by atoms with E-state index in [1.54, 1.807) is 0 Å². The Bertz CT molecular complexity index is 709. The van der Waals surface area contributed by atoms with Gasteiger partial charge in [-0.05, 0) is 0 Å². The van der Waals surface area contributed by atoms with Crippen molar-refractivity contribution in [3.8, 4) is 0 Å². The number of aliphatic hydroxyl groups is 5. The summed E-state index contributed by atoms with van der Waals surface area (Å²) in [7, 11) is -2.61. The second-order valence-electron chi connectivity index (χ2n) is 7.40. The largest absolute Gasteiger partial charge is 0.394 e. The van der Waals surface area contributed by atoms with E-state index in [1.165, 1.54) is 14.0 Å². The van der Waals surface area contributed by atoms with Crippen LogP contribution in [0.4, 0.5) is 0 Å². The molecule has 1 amide bonds. The molecule has 10 atom stereocenters. The van der Waals surface area contributed by atoms with Gasteiger partial charge in [0.15, 0.2) is 12.6 Å². The molecule has 14 nitrogen and oxygen atoms in total. The number of sulfonamides is 1. The van der Waals surface area contributed by atoms with E-state index in [2.05, 4.69) is 10.0 Å². The van der Waals surface area contributed by atoms with Gasteiger partial charge in [0.25, 0.3) is 0 Å². The normalized spacial score (nSPS) is 41.7. The van der Waals surface area contributed by atoms with Crippen molar-refractivity contribution in [1.29, 1.82) is 0 Å². The molecule has 2 rings (SSSR count). The molecule has 7 N–H and O–H groups in total. The number of rotatable bonds is 8. The molecule has 0 unspecified atom stereocenters. The van der Waals surface area contributed by atoms with Crippen LogP contribution in [0, 0.1) is 0 Å². The lowest BCUT2D eigenvalue weighted by atomic mass is 9.95. The quantitative estimate of drug-likeness (QED) is 0.176. The molecular formula is C16H30N2O12S. The molecule has 31 heavy (non-hydrogen) atoms. The monoisotopic (exact) mass is 474 g/mol. The molecular weight excluding hydrogens is 444 g/mol. The van der Waals surface area contributed by atoms with Crippen LogP contribution in [0.3, 0.4) is 0 Å². The first-order valence-electron chi connectivity index (χ1n) is 9.43. The van der Waals surface area contributed by atoms with Crippen molar-refractivity contribution in [2.45, 2.75) is 68.2 Å². The highest BCUT2D eigenvalue weighted by Gasteiger charge is 2.51. The average molecular weight is 474 g/mol. The van der Waals surface area contributed by atoms with Crippen molar-refractivity contribution < 1.29 is 57.7 Å². The van der Waals surface area contributed by atoms with Gasteiger partial charge in [-0.2, -0.15) is 0 Å². The fourth-order valence-corrected chi connectivity index (χ4v) is 4.34. The molecule has 182 valence electrons. The fraction of sp³-hybridized carbons (Fsp3) is 0.938. The van der Waals surface area contributed by atoms with Gasteiger partial charge in [-0.15, -0.1) is 0 Å². The van der Waals surface area contributed by atoms with E-state index in [0.29, 0.717) is 0 Å². The fourth-order valence-electron chi connectivity index (χ4n) is 3.57. The van der Waals surface area contributed by atoms with Gasteiger partial charge in [-0.3, -0.25) is 4.79 Å². The molecule has 0 spiro atoms. The van der Waals surface area contributed by atoms with Gasteiger partial charge in [0, 0.05) is 14.0 Å². The number of methoxy groups -OCH3 is 1. The van der Waals surface area contributed by atoms with Crippen molar-refractivity contribution in [2.24, 2.45) is 0 Å². The first-order valence-corrected chi connectivity index (χ1v) is 11.3. The number of carbonyl (C=O) groups is 1. The maximum Gasteiger partial charge on any atom is 0.217 e. The molecule has 0 aromatic carbocycles. The number of carbonyl (C=O) groups excluding carboxylic acids is 1. The molecule has 2 heterocycles. The molecule has 2 saturated heterocycles. The third kappa shape index (κ3) is 6.29. The minimum absolute atomic E-state index is 0.509.